The summed E-state index contributed by atoms with van der Waals surface area (Å²) in [5.74, 6) is 0.650. The van der Waals surface area contributed by atoms with Crippen LogP contribution in [0.5, 0.6) is 23.0 Å². The summed E-state index contributed by atoms with van der Waals surface area (Å²) < 4.78 is 33.7. The first-order chi connectivity index (χ1) is 24.1. The van der Waals surface area contributed by atoms with Gasteiger partial charge in [-0.1, -0.05) is 18.2 Å². The number of rotatable bonds is 16. The Morgan fingerprint density at radius 3 is 2.42 bits per heavy atom. The average molecular weight is 756 g/mol. The number of methoxy groups -OCH3 is 2. The molecule has 1 heterocycles. The lowest BCUT2D eigenvalue weighted by molar-refractivity contribution is -0.136. The molecule has 4 rings (SSSR count). The van der Waals surface area contributed by atoms with E-state index in [4.69, 9.17) is 28.4 Å². The summed E-state index contributed by atoms with van der Waals surface area (Å²) in [5.41, 5.74) is 5.78. The maximum atomic E-state index is 12.5. The number of hydrogen-bond acceptors (Lipinski definition) is 12. The van der Waals surface area contributed by atoms with E-state index in [0.29, 0.717) is 63.1 Å². The van der Waals surface area contributed by atoms with Crippen LogP contribution in [0.3, 0.4) is 0 Å². The van der Waals surface area contributed by atoms with Crippen molar-refractivity contribution in [1.29, 1.82) is 0 Å². The van der Waals surface area contributed by atoms with E-state index in [1.807, 2.05) is 0 Å². The number of allylic oxidation sites excluding steroid dienone is 1. The first kappa shape index (κ1) is 37.5. The van der Waals surface area contributed by atoms with Crippen LogP contribution in [0.4, 0.5) is 4.79 Å². The molecule has 2 amide bonds. The number of nitrogens with zero attached hydrogens (tertiary/aromatic N) is 1. The van der Waals surface area contributed by atoms with E-state index in [9.17, 15) is 19.5 Å². The molecule has 50 heavy (non-hydrogen) atoms. The third-order valence-electron chi connectivity index (χ3n) is 7.21. The topological polar surface area (TPSA) is 175 Å². The fraction of sp³-hybridized carbons (Fsp3) is 0.314. The number of carbonyl (C=O) groups excluding carboxylic acids is 3. The largest absolute Gasteiger partial charge is 0.493 e. The number of benzene rings is 3. The van der Waals surface area contributed by atoms with Crippen LogP contribution >= 0.6 is 15.9 Å². The van der Waals surface area contributed by atoms with E-state index in [2.05, 4.69) is 37.1 Å². The minimum Gasteiger partial charge on any atom is -0.493 e. The van der Waals surface area contributed by atoms with E-state index in [1.54, 1.807) is 75.4 Å². The first-order valence-corrected chi connectivity index (χ1v) is 16.4. The van der Waals surface area contributed by atoms with Gasteiger partial charge in [0.25, 0.3) is 0 Å². The third-order valence-corrected chi connectivity index (χ3v) is 7.80. The summed E-state index contributed by atoms with van der Waals surface area (Å²) in [6.45, 7) is 5.84. The van der Waals surface area contributed by atoms with Gasteiger partial charge in [0.2, 0.25) is 0 Å². The zero-order valence-corrected chi connectivity index (χ0v) is 29.8. The van der Waals surface area contributed by atoms with Crippen LogP contribution in [0.15, 0.2) is 75.4 Å². The fourth-order valence-electron chi connectivity index (χ4n) is 4.88. The van der Waals surface area contributed by atoms with E-state index in [-0.39, 0.29) is 24.8 Å². The van der Waals surface area contributed by atoms with Gasteiger partial charge in [-0.25, -0.2) is 14.4 Å². The quantitative estimate of drug-likeness (QED) is 0.0689. The summed E-state index contributed by atoms with van der Waals surface area (Å²) in [6, 6.07) is 14.2. The predicted octanol–water partition coefficient (Wildman–Crippen LogP) is 4.73. The molecule has 0 saturated heterocycles. The zero-order valence-electron chi connectivity index (χ0n) is 28.2. The Labute approximate surface area is 297 Å². The van der Waals surface area contributed by atoms with E-state index in [1.165, 1.54) is 20.4 Å². The van der Waals surface area contributed by atoms with E-state index >= 15 is 0 Å². The number of carbonyl (C=O) groups is 3. The minimum absolute atomic E-state index is 0.187. The molecule has 0 bridgehead atoms. The van der Waals surface area contributed by atoms with Crippen molar-refractivity contribution in [2.75, 3.05) is 34.0 Å². The van der Waals surface area contributed by atoms with Crippen LogP contribution in [0.2, 0.25) is 0 Å². The molecule has 4 N–H and O–H groups in total. The molecule has 1 aliphatic rings. The molecule has 0 unspecified atom stereocenters. The maximum Gasteiger partial charge on any atom is 0.338 e. The van der Waals surface area contributed by atoms with Crippen molar-refractivity contribution in [3.63, 3.8) is 0 Å². The summed E-state index contributed by atoms with van der Waals surface area (Å²) in [5, 5.41) is 20.0. The summed E-state index contributed by atoms with van der Waals surface area (Å²) in [4.78, 5) is 36.6. The van der Waals surface area contributed by atoms with Gasteiger partial charge in [-0.3, -0.25) is 5.43 Å². The third kappa shape index (κ3) is 9.66. The van der Waals surface area contributed by atoms with Crippen molar-refractivity contribution < 1.29 is 47.9 Å². The average Bonchev–Trinajstić information content (AvgIpc) is 3.10. The molecule has 0 spiro atoms. The van der Waals surface area contributed by atoms with Gasteiger partial charge >= 0.3 is 18.0 Å². The molecule has 2 atom stereocenters. The van der Waals surface area contributed by atoms with Crippen molar-refractivity contribution in [2.24, 2.45) is 5.10 Å². The molecule has 0 aromatic heterocycles. The number of halogens is 1. The SMILES string of the molecule is CCOC(=O)c1ccc(COc2c(Br)cc(/C=N/N[C@@H](O)COc3ccc([C@@H]4NC(=O)NC(C)=C4C(=O)OC)cc3OCC)cc2OC)cc1. The Morgan fingerprint density at radius 1 is 0.980 bits per heavy atom. The van der Waals surface area contributed by atoms with E-state index < -0.39 is 24.3 Å². The normalized spacial score (nSPS) is 14.7. The second-order valence-corrected chi connectivity index (χ2v) is 11.5. The zero-order chi connectivity index (χ0) is 36.2. The van der Waals surface area contributed by atoms with Gasteiger partial charge in [0.15, 0.2) is 29.2 Å². The monoisotopic (exact) mass is 754 g/mol. The molecule has 1 aliphatic heterocycles. The van der Waals surface area contributed by atoms with Crippen LogP contribution in [0.1, 0.15) is 53.9 Å². The van der Waals surface area contributed by atoms with Crippen molar-refractivity contribution in [3.05, 3.63) is 92.6 Å². The van der Waals surface area contributed by atoms with Crippen LogP contribution in [-0.2, 0) is 20.9 Å². The van der Waals surface area contributed by atoms with Gasteiger partial charge in [-0.05, 0) is 89.8 Å². The molecule has 0 aliphatic carbocycles. The predicted molar refractivity (Wildman–Crippen MR) is 186 cm³/mol. The van der Waals surface area contributed by atoms with Crippen LogP contribution in [0.25, 0.3) is 0 Å². The van der Waals surface area contributed by atoms with Gasteiger partial charge in [0.1, 0.15) is 13.2 Å². The molecule has 266 valence electrons. The molecule has 0 fully saturated rings. The Bertz CT molecular complexity index is 1750. The summed E-state index contributed by atoms with van der Waals surface area (Å²) >= 11 is 3.52. The lowest BCUT2D eigenvalue weighted by Crippen LogP contribution is -2.45. The molecule has 3 aromatic carbocycles. The molecule has 0 radical (unpaired) electrons. The van der Waals surface area contributed by atoms with Gasteiger partial charge in [0, 0.05) is 5.70 Å². The maximum absolute atomic E-state index is 12.5. The molecular formula is C35H39BrN4O10. The van der Waals surface area contributed by atoms with Gasteiger partial charge in [-0.2, -0.15) is 5.10 Å². The van der Waals surface area contributed by atoms with Crippen LogP contribution in [-0.4, -0.2) is 69.6 Å². The highest BCUT2D eigenvalue weighted by molar-refractivity contribution is 9.10. The number of nitrogens with one attached hydrogen (secondary N) is 3. The smallest absolute Gasteiger partial charge is 0.338 e. The fourth-order valence-corrected chi connectivity index (χ4v) is 5.46. The lowest BCUT2D eigenvalue weighted by Gasteiger charge is -2.28. The second kappa shape index (κ2) is 17.9. The second-order valence-electron chi connectivity index (χ2n) is 10.7. The standard InChI is InChI=1S/C35H39BrN4O10/c1-6-47-27-16-24(31-30(34(43)46-5)20(3)38-35(44)39-31)12-13-26(27)49-19-29(41)40-37-17-22-14-25(36)32(28(15-22)45-4)50-18-21-8-10-23(11-9-21)33(42)48-7-2/h8-17,29,31,40-41H,6-7,18-19H2,1-5H3,(H2,38,39,44)/b37-17+/t29-,31-/m0/s1. The van der Waals surface area contributed by atoms with E-state index in [0.717, 1.165) is 5.56 Å². The van der Waals surface area contributed by atoms with Gasteiger partial charge in [-0.15, -0.1) is 0 Å². The number of esters is 2. The highest BCUT2D eigenvalue weighted by Gasteiger charge is 2.32. The molecule has 15 heteroatoms. The summed E-state index contributed by atoms with van der Waals surface area (Å²) in [6.07, 6.45) is 0.306. The number of aliphatic hydroxyl groups is 1. The number of ether oxygens (including phenoxy) is 6. The Balaban J connectivity index is 1.36. The van der Waals surface area contributed by atoms with Gasteiger partial charge < -0.3 is 44.2 Å². The van der Waals surface area contributed by atoms with Crippen molar-refractivity contribution >= 4 is 40.1 Å². The van der Waals surface area contributed by atoms with Crippen molar-refractivity contribution in [3.8, 4) is 23.0 Å². The van der Waals surface area contributed by atoms with Gasteiger partial charge in [0.05, 0.1) is 55.3 Å². The van der Waals surface area contributed by atoms with Crippen LogP contribution in [0, 0.1) is 0 Å². The number of amides is 2. The van der Waals surface area contributed by atoms with Crippen molar-refractivity contribution in [1.82, 2.24) is 16.1 Å². The number of aliphatic hydroxyl groups excluding tert-OH is 1. The Morgan fingerprint density at radius 2 is 1.74 bits per heavy atom. The molecule has 3 aromatic rings. The van der Waals surface area contributed by atoms with Crippen molar-refractivity contribution in [2.45, 2.75) is 39.6 Å². The Kier molecular flexibility index (Phi) is 13.5. The first-order valence-electron chi connectivity index (χ1n) is 15.6. The van der Waals surface area contributed by atoms with Crippen LogP contribution < -0.4 is 35.0 Å². The minimum atomic E-state index is -1.19. The highest BCUT2D eigenvalue weighted by atomic mass is 79.9. The number of hydrazone groups is 1. The lowest BCUT2D eigenvalue weighted by atomic mass is 9.95. The molecular weight excluding hydrogens is 716 g/mol. The summed E-state index contributed by atoms with van der Waals surface area (Å²) in [7, 11) is 2.79. The number of urea groups is 1. The Hall–Kier alpha value is -5.28. The number of hydrogen-bond donors (Lipinski definition) is 4. The molecule has 0 saturated carbocycles. The molecule has 14 nitrogen and oxygen atoms in total. The highest BCUT2D eigenvalue weighted by Crippen LogP contribution is 2.37.